The van der Waals surface area contributed by atoms with Crippen LogP contribution in [0.3, 0.4) is 0 Å². The number of nitrogens with one attached hydrogen (secondary N) is 5. The molecule has 0 aliphatic carbocycles. The SMILES string of the molecule is O=C1CN(C(=O)c2cscn2)CCCCNC(=O)[C@H](Cc2c[nH]c3ccccc23)NC(=O)c2cccc(n2)NCCN1. The first-order valence-electron chi connectivity index (χ1n) is 13.8. The summed E-state index contributed by atoms with van der Waals surface area (Å²) in [7, 11) is 0. The van der Waals surface area contributed by atoms with Gasteiger partial charge in [-0.25, -0.2) is 9.97 Å². The topological polar surface area (TPSA) is 161 Å². The number of amides is 4. The van der Waals surface area contributed by atoms with Crippen LogP contribution in [-0.2, 0) is 16.0 Å². The van der Waals surface area contributed by atoms with Crippen molar-refractivity contribution in [2.45, 2.75) is 25.3 Å². The highest BCUT2D eigenvalue weighted by Gasteiger charge is 2.24. The number of carbonyl (C=O) groups excluding carboxylic acids is 4. The van der Waals surface area contributed by atoms with Gasteiger partial charge in [0.1, 0.15) is 23.2 Å². The van der Waals surface area contributed by atoms with Gasteiger partial charge in [-0.3, -0.25) is 19.2 Å². The van der Waals surface area contributed by atoms with E-state index in [0.29, 0.717) is 50.5 Å². The van der Waals surface area contributed by atoms with Gasteiger partial charge in [0.05, 0.1) is 12.1 Å². The number of aromatic amines is 1. The molecule has 4 aromatic rings. The minimum atomic E-state index is -0.846. The molecule has 4 heterocycles. The van der Waals surface area contributed by atoms with Crippen LogP contribution in [0.5, 0.6) is 0 Å². The van der Waals surface area contributed by atoms with Crippen LogP contribution >= 0.6 is 11.3 Å². The number of fused-ring (bicyclic) bond motifs is 3. The Labute approximate surface area is 246 Å². The van der Waals surface area contributed by atoms with Crippen LogP contribution in [0.2, 0.25) is 0 Å². The largest absolute Gasteiger partial charge is 0.368 e. The number of aromatic nitrogens is 3. The van der Waals surface area contributed by atoms with E-state index in [9.17, 15) is 19.2 Å². The summed E-state index contributed by atoms with van der Waals surface area (Å²) in [6.45, 7) is 1.20. The minimum Gasteiger partial charge on any atom is -0.368 e. The smallest absolute Gasteiger partial charge is 0.273 e. The molecule has 2 bridgehead atoms. The molecular formula is C29H32N8O4S. The van der Waals surface area contributed by atoms with Crippen molar-refractivity contribution in [3.05, 3.63) is 76.5 Å². The number of hydrogen-bond acceptors (Lipinski definition) is 8. The number of rotatable bonds is 3. The average molecular weight is 589 g/mol. The third-order valence-electron chi connectivity index (χ3n) is 6.88. The Morgan fingerprint density at radius 3 is 2.69 bits per heavy atom. The molecule has 0 saturated heterocycles. The fraction of sp³-hybridized carbons (Fsp3) is 0.310. The van der Waals surface area contributed by atoms with Crippen LogP contribution in [0.25, 0.3) is 10.9 Å². The van der Waals surface area contributed by atoms with E-state index in [1.54, 1.807) is 29.1 Å². The number of para-hydroxylation sites is 1. The minimum absolute atomic E-state index is 0.110. The summed E-state index contributed by atoms with van der Waals surface area (Å²) in [4.78, 5) is 65.4. The number of H-pyrrole nitrogens is 1. The summed E-state index contributed by atoms with van der Waals surface area (Å²) in [5.41, 5.74) is 3.88. The Kier molecular flexibility index (Phi) is 9.39. The Hall–Kier alpha value is -4.78. The van der Waals surface area contributed by atoms with Crippen molar-refractivity contribution in [1.29, 1.82) is 0 Å². The van der Waals surface area contributed by atoms with Crippen molar-refractivity contribution >= 4 is 51.7 Å². The van der Waals surface area contributed by atoms with E-state index in [4.69, 9.17) is 0 Å². The van der Waals surface area contributed by atoms with Crippen LogP contribution in [-0.4, -0.2) is 82.2 Å². The van der Waals surface area contributed by atoms with Gasteiger partial charge in [-0.1, -0.05) is 24.3 Å². The van der Waals surface area contributed by atoms with Gasteiger partial charge in [0, 0.05) is 55.1 Å². The quantitative estimate of drug-likeness (QED) is 0.244. The lowest BCUT2D eigenvalue weighted by Gasteiger charge is -2.22. The molecule has 1 atom stereocenters. The lowest BCUT2D eigenvalue weighted by Crippen LogP contribution is -2.48. The van der Waals surface area contributed by atoms with Crippen molar-refractivity contribution < 1.29 is 19.2 Å². The molecule has 0 spiro atoms. The molecule has 1 aliphatic rings. The molecule has 1 aromatic carbocycles. The number of anilines is 1. The predicted molar refractivity (Wildman–Crippen MR) is 159 cm³/mol. The van der Waals surface area contributed by atoms with Crippen molar-refractivity contribution in [3.8, 4) is 0 Å². The van der Waals surface area contributed by atoms with E-state index >= 15 is 0 Å². The van der Waals surface area contributed by atoms with Crippen LogP contribution < -0.4 is 21.3 Å². The standard InChI is InChI=1S/C29H32N8O4S/c38-26-16-37(29(41)24-17-42-18-34-24)13-4-3-10-32-27(39)23(14-19-15-33-21-7-2-1-6-20(19)21)36-28(40)22-8-5-9-25(35-22)30-11-12-31-26/h1-2,5-9,15,17-18,23,33H,3-4,10-14,16H2,(H,30,35)(H,31,38)(H,32,39)(H,36,40)/t23-/m0/s1. The first-order chi connectivity index (χ1) is 20.5. The second-order valence-corrected chi connectivity index (χ2v) is 10.6. The fourth-order valence-corrected chi connectivity index (χ4v) is 5.26. The number of thiazole rings is 1. The molecule has 218 valence electrons. The van der Waals surface area contributed by atoms with Gasteiger partial charge < -0.3 is 31.2 Å². The summed E-state index contributed by atoms with van der Waals surface area (Å²) >= 11 is 1.31. The van der Waals surface area contributed by atoms with Crippen LogP contribution in [0, 0.1) is 0 Å². The van der Waals surface area contributed by atoms with Gasteiger partial charge in [-0.2, -0.15) is 0 Å². The van der Waals surface area contributed by atoms with E-state index in [-0.39, 0.29) is 36.4 Å². The molecule has 1 aliphatic heterocycles. The molecule has 0 unspecified atom stereocenters. The molecule has 5 rings (SSSR count). The Bertz CT molecular complexity index is 1550. The molecule has 13 heteroatoms. The third-order valence-corrected chi connectivity index (χ3v) is 7.47. The summed E-state index contributed by atoms with van der Waals surface area (Å²) in [5, 5.41) is 14.3. The van der Waals surface area contributed by atoms with Gasteiger partial charge in [0.2, 0.25) is 11.8 Å². The predicted octanol–water partition coefficient (Wildman–Crippen LogP) is 1.94. The van der Waals surface area contributed by atoms with Gasteiger partial charge in [-0.15, -0.1) is 11.3 Å². The Morgan fingerprint density at radius 1 is 0.976 bits per heavy atom. The summed E-state index contributed by atoms with van der Waals surface area (Å²) < 4.78 is 0. The van der Waals surface area contributed by atoms with Crippen LogP contribution in [0.1, 0.15) is 39.4 Å². The van der Waals surface area contributed by atoms with Gasteiger partial charge in [0.15, 0.2) is 0 Å². The van der Waals surface area contributed by atoms with Crippen molar-refractivity contribution in [2.24, 2.45) is 0 Å². The number of nitrogens with zero attached hydrogens (tertiary/aromatic N) is 3. The third kappa shape index (κ3) is 7.29. The van der Waals surface area contributed by atoms with Crippen LogP contribution in [0.4, 0.5) is 5.82 Å². The van der Waals surface area contributed by atoms with E-state index < -0.39 is 11.9 Å². The number of pyridine rings is 1. The maximum Gasteiger partial charge on any atom is 0.273 e. The molecule has 0 fully saturated rings. The number of benzene rings is 1. The van der Waals surface area contributed by atoms with E-state index in [1.807, 2.05) is 30.5 Å². The highest BCUT2D eigenvalue weighted by Crippen LogP contribution is 2.19. The molecule has 12 nitrogen and oxygen atoms in total. The monoisotopic (exact) mass is 588 g/mol. The first kappa shape index (κ1) is 28.7. The van der Waals surface area contributed by atoms with Gasteiger partial charge in [0.25, 0.3) is 11.8 Å². The van der Waals surface area contributed by atoms with Crippen molar-refractivity contribution in [1.82, 2.24) is 35.8 Å². The van der Waals surface area contributed by atoms with E-state index in [0.717, 1.165) is 16.5 Å². The average Bonchev–Trinajstić information content (AvgIpc) is 3.68. The first-order valence-corrected chi connectivity index (χ1v) is 14.7. The van der Waals surface area contributed by atoms with Gasteiger partial charge >= 0.3 is 0 Å². The molecular weight excluding hydrogens is 556 g/mol. The van der Waals surface area contributed by atoms with Crippen molar-refractivity contribution in [2.75, 3.05) is 38.0 Å². The highest BCUT2D eigenvalue weighted by molar-refractivity contribution is 7.07. The summed E-state index contributed by atoms with van der Waals surface area (Å²) in [5.74, 6) is -0.959. The van der Waals surface area contributed by atoms with Crippen LogP contribution in [0.15, 0.2) is 59.6 Å². The molecule has 0 saturated carbocycles. The summed E-state index contributed by atoms with van der Waals surface area (Å²) in [6.07, 6.45) is 3.25. The molecule has 3 aromatic heterocycles. The lowest BCUT2D eigenvalue weighted by atomic mass is 10.0. The Balaban J connectivity index is 1.33. The zero-order chi connectivity index (χ0) is 29.3. The van der Waals surface area contributed by atoms with E-state index in [2.05, 4.69) is 36.2 Å². The zero-order valence-electron chi connectivity index (χ0n) is 22.9. The van der Waals surface area contributed by atoms with E-state index in [1.165, 1.54) is 16.2 Å². The number of carbonyl (C=O) groups is 4. The molecule has 0 radical (unpaired) electrons. The molecule has 42 heavy (non-hydrogen) atoms. The second kappa shape index (κ2) is 13.7. The zero-order valence-corrected chi connectivity index (χ0v) is 23.7. The maximum absolute atomic E-state index is 13.4. The van der Waals surface area contributed by atoms with Crippen molar-refractivity contribution in [3.63, 3.8) is 0 Å². The second-order valence-electron chi connectivity index (χ2n) is 9.87. The maximum atomic E-state index is 13.4. The normalized spacial score (nSPS) is 17.7. The highest BCUT2D eigenvalue weighted by atomic mass is 32.1. The molecule has 5 N–H and O–H groups in total. The summed E-state index contributed by atoms with van der Waals surface area (Å²) in [6, 6.07) is 11.9. The fourth-order valence-electron chi connectivity index (χ4n) is 4.74. The molecule has 4 amide bonds. The lowest BCUT2D eigenvalue weighted by molar-refractivity contribution is -0.123. The Morgan fingerprint density at radius 2 is 1.83 bits per heavy atom. The number of hydrogen-bond donors (Lipinski definition) is 5. The van der Waals surface area contributed by atoms with Gasteiger partial charge in [-0.05, 0) is 36.6 Å².